The van der Waals surface area contributed by atoms with E-state index in [2.05, 4.69) is 39.0 Å². The molecule has 0 atom stereocenters. The number of rotatable bonds is 0. The molecule has 0 aliphatic rings. The number of halogens is 1. The molecule has 0 fully saturated rings. The molecule has 2 aromatic rings. The van der Waals surface area contributed by atoms with Gasteiger partial charge < -0.3 is 0 Å². The molecule has 0 radical (unpaired) electrons. The number of fused-ring (bicyclic) bond motifs is 1. The van der Waals surface area contributed by atoms with Crippen LogP contribution in [0.25, 0.3) is 10.1 Å². The molecule has 1 nitrogen and oxygen atoms in total. The number of nitriles is 1. The first-order valence-corrected chi connectivity index (χ1v) is 6.25. The van der Waals surface area contributed by atoms with Crippen molar-refractivity contribution in [2.24, 2.45) is 0 Å². The van der Waals surface area contributed by atoms with Gasteiger partial charge in [0.1, 0.15) is 10.9 Å². The van der Waals surface area contributed by atoms with Crippen molar-refractivity contribution in [3.8, 4) is 6.07 Å². The van der Waals surface area contributed by atoms with Crippen LogP contribution in [0.4, 0.5) is 0 Å². The molecule has 2 rings (SSSR count). The molecule has 3 heteroatoms. The Kier molecular flexibility index (Phi) is 2.69. The molecule has 0 bridgehead atoms. The van der Waals surface area contributed by atoms with E-state index in [4.69, 9.17) is 16.9 Å². The monoisotopic (exact) mass is 249 g/mol. The van der Waals surface area contributed by atoms with E-state index in [0.29, 0.717) is 9.90 Å². The fourth-order valence-corrected chi connectivity index (χ4v) is 2.91. The molecule has 82 valence electrons. The maximum atomic E-state index is 8.92. The molecule has 0 aliphatic carbocycles. The van der Waals surface area contributed by atoms with Crippen molar-refractivity contribution >= 4 is 33.0 Å². The van der Waals surface area contributed by atoms with Gasteiger partial charge in [-0.1, -0.05) is 44.5 Å². The second-order valence-electron chi connectivity index (χ2n) is 4.82. The third-order valence-corrected chi connectivity index (χ3v) is 4.16. The molecule has 0 unspecified atom stereocenters. The van der Waals surface area contributed by atoms with Gasteiger partial charge in [-0.3, -0.25) is 0 Å². The van der Waals surface area contributed by atoms with E-state index in [0.717, 1.165) is 10.1 Å². The Morgan fingerprint density at radius 2 is 2.00 bits per heavy atom. The van der Waals surface area contributed by atoms with Gasteiger partial charge in [0.15, 0.2) is 0 Å². The molecule has 1 aromatic heterocycles. The van der Waals surface area contributed by atoms with Gasteiger partial charge in [0, 0.05) is 10.1 Å². The molecule has 16 heavy (non-hydrogen) atoms. The van der Waals surface area contributed by atoms with E-state index >= 15 is 0 Å². The van der Waals surface area contributed by atoms with Crippen LogP contribution in [0.5, 0.6) is 0 Å². The van der Waals surface area contributed by atoms with Gasteiger partial charge in [-0.2, -0.15) is 5.26 Å². The van der Waals surface area contributed by atoms with Crippen molar-refractivity contribution in [2.45, 2.75) is 26.2 Å². The molecule has 1 heterocycles. The summed E-state index contributed by atoms with van der Waals surface area (Å²) in [5.41, 5.74) is 1.39. The third-order valence-electron chi connectivity index (χ3n) is 2.60. The van der Waals surface area contributed by atoms with Crippen LogP contribution in [0.15, 0.2) is 18.2 Å². The molecule has 0 N–H and O–H groups in total. The molecule has 0 saturated carbocycles. The average Bonchev–Trinajstić information content (AvgIpc) is 2.54. The zero-order chi connectivity index (χ0) is 11.9. The summed E-state index contributed by atoms with van der Waals surface area (Å²) >= 11 is 7.57. The van der Waals surface area contributed by atoms with Gasteiger partial charge in [-0.05, 0) is 17.0 Å². The highest BCUT2D eigenvalue weighted by Gasteiger charge is 2.16. The summed E-state index contributed by atoms with van der Waals surface area (Å²) in [6.45, 7) is 6.53. The molecule has 1 aromatic carbocycles. The molecule has 0 aliphatic heterocycles. The molecular formula is C13H12ClNS. The Hall–Kier alpha value is -1.04. The lowest BCUT2D eigenvalue weighted by Crippen LogP contribution is -2.10. The Labute approximate surface area is 104 Å². The first-order chi connectivity index (χ1) is 7.43. The number of hydrogen-bond acceptors (Lipinski definition) is 2. The number of thiophene rings is 1. The van der Waals surface area contributed by atoms with E-state index in [1.165, 1.54) is 16.9 Å². The molecule has 0 saturated heterocycles. The summed E-state index contributed by atoms with van der Waals surface area (Å²) in [5.74, 6) is 0. The SMILES string of the molecule is CC(C)(C)c1ccc2c(Cl)c(C#N)sc2c1. The Morgan fingerprint density at radius 3 is 2.56 bits per heavy atom. The second kappa shape index (κ2) is 3.76. The highest BCUT2D eigenvalue weighted by molar-refractivity contribution is 7.20. The van der Waals surface area contributed by atoms with Gasteiger partial charge >= 0.3 is 0 Å². The van der Waals surface area contributed by atoms with Crippen LogP contribution in [0.2, 0.25) is 5.02 Å². The van der Waals surface area contributed by atoms with E-state index in [-0.39, 0.29) is 5.41 Å². The van der Waals surface area contributed by atoms with Gasteiger partial charge in [0.05, 0.1) is 5.02 Å². The summed E-state index contributed by atoms with van der Waals surface area (Å²) in [7, 11) is 0. The summed E-state index contributed by atoms with van der Waals surface area (Å²) < 4.78 is 1.09. The van der Waals surface area contributed by atoms with Crippen molar-refractivity contribution in [1.82, 2.24) is 0 Å². The predicted octanol–water partition coefficient (Wildman–Crippen LogP) is 4.72. The van der Waals surface area contributed by atoms with Gasteiger partial charge in [0.25, 0.3) is 0 Å². The van der Waals surface area contributed by atoms with Crippen LogP contribution in [0.1, 0.15) is 31.2 Å². The second-order valence-corrected chi connectivity index (χ2v) is 6.25. The first kappa shape index (κ1) is 11.4. The van der Waals surface area contributed by atoms with Crippen LogP contribution < -0.4 is 0 Å². The largest absolute Gasteiger partial charge is 0.191 e. The fourth-order valence-electron chi connectivity index (χ4n) is 1.60. The van der Waals surface area contributed by atoms with Gasteiger partial charge in [0.2, 0.25) is 0 Å². The zero-order valence-corrected chi connectivity index (χ0v) is 11.0. The molecule has 0 amide bonds. The van der Waals surface area contributed by atoms with E-state index in [9.17, 15) is 0 Å². The minimum atomic E-state index is 0.122. The van der Waals surface area contributed by atoms with Crippen LogP contribution >= 0.6 is 22.9 Å². The van der Waals surface area contributed by atoms with Crippen LogP contribution in [0.3, 0.4) is 0 Å². The lowest BCUT2D eigenvalue weighted by atomic mass is 9.87. The molecular weight excluding hydrogens is 238 g/mol. The van der Waals surface area contributed by atoms with E-state index < -0.39 is 0 Å². The minimum Gasteiger partial charge on any atom is -0.191 e. The van der Waals surface area contributed by atoms with Gasteiger partial charge in [-0.25, -0.2) is 0 Å². The van der Waals surface area contributed by atoms with Crippen LogP contribution in [-0.4, -0.2) is 0 Å². The smallest absolute Gasteiger partial charge is 0.124 e. The van der Waals surface area contributed by atoms with Crippen molar-refractivity contribution in [2.75, 3.05) is 0 Å². The fraction of sp³-hybridized carbons (Fsp3) is 0.308. The topological polar surface area (TPSA) is 23.8 Å². The normalized spacial score (nSPS) is 11.7. The average molecular weight is 250 g/mol. The van der Waals surface area contributed by atoms with Crippen molar-refractivity contribution in [3.63, 3.8) is 0 Å². The third kappa shape index (κ3) is 1.81. The van der Waals surface area contributed by atoms with Crippen molar-refractivity contribution in [3.05, 3.63) is 33.7 Å². The first-order valence-electron chi connectivity index (χ1n) is 5.06. The summed E-state index contributed by atoms with van der Waals surface area (Å²) in [6.07, 6.45) is 0. The quantitative estimate of drug-likeness (QED) is 0.663. The lowest BCUT2D eigenvalue weighted by molar-refractivity contribution is 0.591. The van der Waals surface area contributed by atoms with Crippen molar-refractivity contribution in [1.29, 1.82) is 5.26 Å². The summed E-state index contributed by atoms with van der Waals surface area (Å²) in [5, 5.41) is 10.5. The van der Waals surface area contributed by atoms with Crippen LogP contribution in [-0.2, 0) is 5.41 Å². The Balaban J connectivity index is 2.70. The van der Waals surface area contributed by atoms with Crippen LogP contribution in [0, 0.1) is 11.3 Å². The lowest BCUT2D eigenvalue weighted by Gasteiger charge is -2.18. The highest BCUT2D eigenvalue weighted by atomic mass is 35.5. The maximum absolute atomic E-state index is 8.92. The maximum Gasteiger partial charge on any atom is 0.124 e. The Morgan fingerprint density at radius 1 is 1.31 bits per heavy atom. The number of benzene rings is 1. The van der Waals surface area contributed by atoms with E-state index in [1.807, 2.05) is 6.07 Å². The highest BCUT2D eigenvalue weighted by Crippen LogP contribution is 2.37. The number of hydrogen-bond donors (Lipinski definition) is 0. The Bertz CT molecular complexity index is 584. The van der Waals surface area contributed by atoms with E-state index in [1.54, 1.807) is 0 Å². The zero-order valence-electron chi connectivity index (χ0n) is 9.47. The number of nitrogens with zero attached hydrogens (tertiary/aromatic N) is 1. The summed E-state index contributed by atoms with van der Waals surface area (Å²) in [4.78, 5) is 0.600. The summed E-state index contributed by atoms with van der Waals surface area (Å²) in [6, 6.07) is 8.36. The van der Waals surface area contributed by atoms with Crippen molar-refractivity contribution < 1.29 is 0 Å². The molecule has 0 spiro atoms. The standard InChI is InChI=1S/C13H12ClNS/c1-13(2,3)8-4-5-9-10(6-8)16-11(7-15)12(9)14/h4-6H,1-3H3. The predicted molar refractivity (Wildman–Crippen MR) is 70.3 cm³/mol. The van der Waals surface area contributed by atoms with Gasteiger partial charge in [-0.15, -0.1) is 11.3 Å². The minimum absolute atomic E-state index is 0.122.